The van der Waals surface area contributed by atoms with E-state index in [0.29, 0.717) is 32.5 Å². The van der Waals surface area contributed by atoms with Gasteiger partial charge in [-0.2, -0.15) is 0 Å². The van der Waals surface area contributed by atoms with Crippen LogP contribution < -0.4 is 0 Å². The van der Waals surface area contributed by atoms with Crippen LogP contribution in [0.2, 0.25) is 0 Å². The van der Waals surface area contributed by atoms with Crippen molar-refractivity contribution in [2.75, 3.05) is 0 Å². The molecule has 8 atom stereocenters. The van der Waals surface area contributed by atoms with Gasteiger partial charge >= 0.3 is 0 Å². The van der Waals surface area contributed by atoms with Gasteiger partial charge in [0.25, 0.3) is 0 Å². The van der Waals surface area contributed by atoms with Crippen molar-refractivity contribution in [1.29, 1.82) is 0 Å². The van der Waals surface area contributed by atoms with Crippen LogP contribution in [0.25, 0.3) is 0 Å². The number of rotatable bonds is 2. The zero-order chi connectivity index (χ0) is 24.5. The Morgan fingerprint density at radius 1 is 0.444 bits per heavy atom. The third-order valence-corrected chi connectivity index (χ3v) is 15.6. The smallest absolute Gasteiger partial charge is 0.0325 e. The summed E-state index contributed by atoms with van der Waals surface area (Å²) in [5.41, 5.74) is 3.77. The van der Waals surface area contributed by atoms with Gasteiger partial charge in [-0.3, -0.25) is 0 Å². The third kappa shape index (κ3) is 2.41. The maximum absolute atomic E-state index is 6.44. The van der Waals surface area contributed by atoms with Crippen LogP contribution in [0.3, 0.4) is 0 Å². The first-order valence-electron chi connectivity index (χ1n) is 16.0. The normalized spacial score (nSPS) is 67.1. The first-order chi connectivity index (χ1) is 17.0. The van der Waals surface area contributed by atoms with Gasteiger partial charge in [-0.05, 0) is 172 Å². The Bertz CT molecular complexity index is 1050. The van der Waals surface area contributed by atoms with Crippen molar-refractivity contribution in [3.8, 4) is 24.7 Å². The molecule has 0 radical (unpaired) electrons. The molecule has 0 aromatic rings. The summed E-state index contributed by atoms with van der Waals surface area (Å²) in [4.78, 5) is 0. The van der Waals surface area contributed by atoms with Crippen molar-refractivity contribution in [3.05, 3.63) is 0 Å². The lowest BCUT2D eigenvalue weighted by molar-refractivity contribution is -0.289. The molecule has 0 saturated heterocycles. The molecule has 0 aliphatic heterocycles. The van der Waals surface area contributed by atoms with E-state index in [2.05, 4.69) is 25.7 Å². The Morgan fingerprint density at radius 3 is 1.25 bits per heavy atom. The zero-order valence-electron chi connectivity index (χ0n) is 23.2. The van der Waals surface area contributed by atoms with Crippen LogP contribution in [-0.2, 0) is 0 Å². The lowest BCUT2D eigenvalue weighted by Gasteiger charge is -2.79. The molecule has 192 valence electrons. The van der Waals surface area contributed by atoms with Gasteiger partial charge in [0.1, 0.15) is 0 Å². The molecule has 12 aliphatic rings. The van der Waals surface area contributed by atoms with Crippen LogP contribution in [0.4, 0.5) is 0 Å². The van der Waals surface area contributed by atoms with E-state index in [1.807, 2.05) is 0 Å². The van der Waals surface area contributed by atoms with Gasteiger partial charge in [0, 0.05) is 10.8 Å². The van der Waals surface area contributed by atoms with Gasteiger partial charge in [0.15, 0.2) is 0 Å². The summed E-state index contributed by atoms with van der Waals surface area (Å²) >= 11 is 0. The monoisotopic (exact) mass is 480 g/mol. The molecule has 0 amide bonds. The Kier molecular flexibility index (Phi) is 3.65. The average Bonchev–Trinajstić information content (AvgIpc) is 2.75. The minimum atomic E-state index is 0.229. The molecular formula is C36H48. The van der Waals surface area contributed by atoms with Crippen LogP contribution in [0.15, 0.2) is 0 Å². The second-order valence-electron chi connectivity index (χ2n) is 18.6. The second kappa shape index (κ2) is 5.98. The van der Waals surface area contributed by atoms with Gasteiger partial charge < -0.3 is 0 Å². The SMILES string of the molecule is C#CC12CC3CC(C)(C1)CC(C14CC5CC(C1)CC(C16CC7CC(C)(CC(C#C)(C7)C1)C6)(C5)C4)(C3)C2. The first-order valence-corrected chi connectivity index (χ1v) is 16.0. The fourth-order valence-electron chi connectivity index (χ4n) is 16.9. The van der Waals surface area contributed by atoms with E-state index in [1.165, 1.54) is 77.0 Å². The maximum Gasteiger partial charge on any atom is 0.0325 e. The Morgan fingerprint density at radius 2 is 0.861 bits per heavy atom. The summed E-state index contributed by atoms with van der Waals surface area (Å²) in [6, 6.07) is 0. The summed E-state index contributed by atoms with van der Waals surface area (Å²) < 4.78 is 0. The molecule has 0 heteroatoms. The van der Waals surface area contributed by atoms with Crippen LogP contribution in [0, 0.1) is 91.7 Å². The average molecular weight is 481 g/mol. The molecule has 0 aromatic heterocycles. The summed E-state index contributed by atoms with van der Waals surface area (Å²) in [6.07, 6.45) is 39.4. The standard InChI is InChI=1S/C36H48/c1-5-31-10-27-8-29(3,18-31)20-35(16-27,22-31)33-12-25-7-26(13-33)15-34(14-25,24-33)36-17-28-9-30(4,21-36)19-32(6-2,11-28)23-36/h1-2,25-28H,7-24H2,3-4H3. The number of hydrogen-bond acceptors (Lipinski definition) is 0. The van der Waals surface area contributed by atoms with E-state index in [0.717, 1.165) is 23.7 Å². The Balaban J connectivity index is 1.18. The van der Waals surface area contributed by atoms with E-state index in [1.54, 1.807) is 38.5 Å². The van der Waals surface area contributed by atoms with Gasteiger partial charge in [-0.1, -0.05) is 25.7 Å². The lowest BCUT2D eigenvalue weighted by Crippen LogP contribution is -2.70. The molecule has 0 aromatic carbocycles. The van der Waals surface area contributed by atoms with Gasteiger partial charge in [0.2, 0.25) is 0 Å². The molecule has 0 N–H and O–H groups in total. The van der Waals surface area contributed by atoms with E-state index in [-0.39, 0.29) is 10.8 Å². The highest BCUT2D eigenvalue weighted by Gasteiger charge is 2.76. The fraction of sp³-hybridized carbons (Fsp3) is 0.889. The summed E-state index contributed by atoms with van der Waals surface area (Å²) in [5.74, 6) is 10.8. The summed E-state index contributed by atoms with van der Waals surface area (Å²) in [7, 11) is 0. The molecule has 12 bridgehead atoms. The van der Waals surface area contributed by atoms with Crippen LogP contribution >= 0.6 is 0 Å². The number of terminal acetylenes is 2. The minimum Gasteiger partial charge on any atom is -0.120 e. The topological polar surface area (TPSA) is 0 Å². The summed E-state index contributed by atoms with van der Waals surface area (Å²) in [5, 5.41) is 0. The van der Waals surface area contributed by atoms with Gasteiger partial charge in [-0.15, -0.1) is 12.8 Å². The molecular weight excluding hydrogens is 432 g/mol. The van der Waals surface area contributed by atoms with Crippen LogP contribution in [0.5, 0.6) is 0 Å². The second-order valence-corrected chi connectivity index (χ2v) is 18.6. The van der Waals surface area contributed by atoms with Crippen molar-refractivity contribution in [2.45, 2.75) is 129 Å². The molecule has 36 heavy (non-hydrogen) atoms. The van der Waals surface area contributed by atoms with Crippen molar-refractivity contribution in [3.63, 3.8) is 0 Å². The predicted octanol–water partition coefficient (Wildman–Crippen LogP) is 8.79. The van der Waals surface area contributed by atoms with Crippen LogP contribution in [0.1, 0.15) is 129 Å². The molecule has 12 aliphatic carbocycles. The molecule has 0 heterocycles. The van der Waals surface area contributed by atoms with Gasteiger partial charge in [-0.25, -0.2) is 0 Å². The molecule has 0 nitrogen and oxygen atoms in total. The quantitative estimate of drug-likeness (QED) is 0.346. The van der Waals surface area contributed by atoms with E-state index < -0.39 is 0 Å². The third-order valence-electron chi connectivity index (χ3n) is 15.6. The molecule has 8 unspecified atom stereocenters. The van der Waals surface area contributed by atoms with E-state index in [9.17, 15) is 0 Å². The minimum absolute atomic E-state index is 0.229. The molecule has 12 rings (SSSR count). The largest absolute Gasteiger partial charge is 0.120 e. The lowest BCUT2D eigenvalue weighted by atomic mass is 9.25. The molecule has 12 saturated carbocycles. The van der Waals surface area contributed by atoms with E-state index in [4.69, 9.17) is 12.8 Å². The highest BCUT2D eigenvalue weighted by atomic mass is 14.8. The van der Waals surface area contributed by atoms with Crippen molar-refractivity contribution >= 4 is 0 Å². The van der Waals surface area contributed by atoms with Gasteiger partial charge in [0.05, 0.1) is 0 Å². The van der Waals surface area contributed by atoms with E-state index >= 15 is 0 Å². The van der Waals surface area contributed by atoms with Crippen molar-refractivity contribution in [1.82, 2.24) is 0 Å². The fourth-order valence-corrected chi connectivity index (χ4v) is 16.9. The zero-order valence-corrected chi connectivity index (χ0v) is 23.2. The molecule has 0 spiro atoms. The van der Waals surface area contributed by atoms with Crippen molar-refractivity contribution < 1.29 is 0 Å². The highest BCUT2D eigenvalue weighted by Crippen LogP contribution is 2.85. The Hall–Kier alpha value is -0.880. The molecule has 12 fully saturated rings. The predicted molar refractivity (Wildman–Crippen MR) is 146 cm³/mol. The van der Waals surface area contributed by atoms with Crippen LogP contribution in [-0.4, -0.2) is 0 Å². The Labute approximate surface area is 220 Å². The first kappa shape index (κ1) is 22.0. The summed E-state index contributed by atoms with van der Waals surface area (Å²) in [6.45, 7) is 5.32. The highest BCUT2D eigenvalue weighted by molar-refractivity contribution is 5.29. The van der Waals surface area contributed by atoms with Crippen molar-refractivity contribution in [2.24, 2.45) is 67.0 Å². The number of hydrogen-bond donors (Lipinski definition) is 0. The maximum atomic E-state index is 6.44.